The Balaban J connectivity index is 1.98. The minimum absolute atomic E-state index is 0.307. The Labute approximate surface area is 112 Å². The lowest BCUT2D eigenvalue weighted by molar-refractivity contribution is 0.102. The molecular weight excluding hydrogens is 272 g/mol. The van der Waals surface area contributed by atoms with Gasteiger partial charge in [0.1, 0.15) is 5.01 Å². The lowest BCUT2D eigenvalue weighted by Gasteiger charge is -1.96. The van der Waals surface area contributed by atoms with Gasteiger partial charge in [0, 0.05) is 6.54 Å². The normalized spacial score (nSPS) is 10.3. The highest BCUT2D eigenvalue weighted by atomic mass is 32.1. The number of nitrogens with zero attached hydrogens (tertiary/aromatic N) is 4. The monoisotopic (exact) mass is 284 g/mol. The maximum Gasteiger partial charge on any atom is 0.288 e. The van der Waals surface area contributed by atoms with Crippen LogP contribution in [0.2, 0.25) is 0 Å². The van der Waals surface area contributed by atoms with E-state index < -0.39 is 0 Å². The number of rotatable bonds is 5. The second kappa shape index (κ2) is 5.83. The molecule has 2 rings (SSSR count). The van der Waals surface area contributed by atoms with Crippen molar-refractivity contribution in [2.45, 2.75) is 20.3 Å². The summed E-state index contributed by atoms with van der Waals surface area (Å²) in [6, 6.07) is 0. The Bertz CT molecular complexity index is 537. The Kier molecular flexibility index (Phi) is 4.15. The highest BCUT2D eigenvalue weighted by molar-refractivity contribution is 7.17. The fourth-order valence-electron chi connectivity index (χ4n) is 1.12. The maximum atomic E-state index is 11.8. The number of hydrogen-bond acceptors (Lipinski definition) is 8. The Morgan fingerprint density at radius 2 is 1.94 bits per heavy atom. The van der Waals surface area contributed by atoms with Crippen molar-refractivity contribution >= 4 is 38.8 Å². The van der Waals surface area contributed by atoms with E-state index in [4.69, 9.17) is 0 Å². The summed E-state index contributed by atoms with van der Waals surface area (Å²) in [6.07, 6.45) is 0.991. The molecule has 0 aliphatic carbocycles. The summed E-state index contributed by atoms with van der Waals surface area (Å²) in [5.74, 6) is -0.312. The quantitative estimate of drug-likeness (QED) is 0.869. The summed E-state index contributed by atoms with van der Waals surface area (Å²) in [6.45, 7) is 4.69. The van der Waals surface area contributed by atoms with Crippen LogP contribution in [0, 0.1) is 6.92 Å². The van der Waals surface area contributed by atoms with Crippen LogP contribution >= 0.6 is 22.7 Å². The minimum atomic E-state index is -0.312. The summed E-state index contributed by atoms with van der Waals surface area (Å²) >= 11 is 2.54. The second-order valence-corrected chi connectivity index (χ2v) is 5.58. The number of carbonyl (C=O) groups excluding carboxylic acids is 1. The smallest absolute Gasteiger partial charge is 0.288 e. The van der Waals surface area contributed by atoms with E-state index >= 15 is 0 Å². The molecule has 0 aliphatic rings. The zero-order chi connectivity index (χ0) is 13.0. The summed E-state index contributed by atoms with van der Waals surface area (Å²) in [5.41, 5.74) is 0. The van der Waals surface area contributed by atoms with Crippen LogP contribution in [0.3, 0.4) is 0 Å². The van der Waals surface area contributed by atoms with Crippen molar-refractivity contribution in [3.05, 3.63) is 10.0 Å². The third-order valence-corrected chi connectivity index (χ3v) is 3.53. The van der Waals surface area contributed by atoms with Gasteiger partial charge in [0.15, 0.2) is 0 Å². The van der Waals surface area contributed by atoms with Crippen molar-refractivity contribution in [2.24, 2.45) is 0 Å². The topological polar surface area (TPSA) is 92.7 Å². The summed E-state index contributed by atoms with van der Waals surface area (Å²) < 4.78 is 0. The molecule has 0 aliphatic heterocycles. The SMILES string of the molecule is CCCNc1nnc(C(=O)Nc2nnc(C)s2)s1. The highest BCUT2D eigenvalue weighted by Gasteiger charge is 2.14. The Morgan fingerprint density at radius 3 is 2.61 bits per heavy atom. The van der Waals surface area contributed by atoms with E-state index in [0.717, 1.165) is 18.0 Å². The van der Waals surface area contributed by atoms with E-state index in [9.17, 15) is 4.79 Å². The molecule has 0 spiro atoms. The molecule has 0 fully saturated rings. The van der Waals surface area contributed by atoms with E-state index in [2.05, 4.69) is 38.0 Å². The van der Waals surface area contributed by atoms with E-state index in [0.29, 0.717) is 15.3 Å². The molecule has 0 saturated carbocycles. The summed E-state index contributed by atoms with van der Waals surface area (Å²) in [7, 11) is 0. The number of hydrogen-bond donors (Lipinski definition) is 2. The zero-order valence-corrected chi connectivity index (χ0v) is 11.6. The highest BCUT2D eigenvalue weighted by Crippen LogP contribution is 2.18. The van der Waals surface area contributed by atoms with E-state index in [1.54, 1.807) is 0 Å². The van der Waals surface area contributed by atoms with Gasteiger partial charge < -0.3 is 5.32 Å². The third kappa shape index (κ3) is 3.20. The van der Waals surface area contributed by atoms with Crippen molar-refractivity contribution in [2.75, 3.05) is 17.2 Å². The standard InChI is InChI=1S/C9H12N6OS2/c1-3-4-10-8-14-13-7(18-8)6(16)11-9-15-12-5(2)17-9/h3-4H2,1-2H3,(H,10,14)(H,11,15,16). The van der Waals surface area contributed by atoms with Gasteiger partial charge in [-0.3, -0.25) is 10.1 Å². The molecule has 2 aromatic heterocycles. The maximum absolute atomic E-state index is 11.8. The lowest BCUT2D eigenvalue weighted by atomic mass is 10.5. The molecule has 9 heteroatoms. The molecule has 0 aromatic carbocycles. The van der Waals surface area contributed by atoms with Crippen LogP contribution < -0.4 is 10.6 Å². The first-order valence-corrected chi connectivity index (χ1v) is 7.01. The lowest BCUT2D eigenvalue weighted by Crippen LogP contribution is -2.11. The zero-order valence-electron chi connectivity index (χ0n) is 9.93. The fraction of sp³-hybridized carbons (Fsp3) is 0.444. The van der Waals surface area contributed by atoms with Gasteiger partial charge in [0.2, 0.25) is 15.3 Å². The Morgan fingerprint density at radius 1 is 1.17 bits per heavy atom. The molecule has 2 aromatic rings. The molecule has 1 amide bonds. The molecule has 18 heavy (non-hydrogen) atoms. The van der Waals surface area contributed by atoms with Crippen molar-refractivity contribution in [3.8, 4) is 0 Å². The van der Waals surface area contributed by atoms with Crippen LogP contribution in [0.1, 0.15) is 28.2 Å². The number of nitrogens with one attached hydrogen (secondary N) is 2. The van der Waals surface area contributed by atoms with Gasteiger partial charge in [-0.15, -0.1) is 20.4 Å². The fourth-order valence-corrected chi connectivity index (χ4v) is 2.37. The van der Waals surface area contributed by atoms with E-state index in [1.165, 1.54) is 22.7 Å². The second-order valence-electron chi connectivity index (χ2n) is 3.42. The molecule has 0 bridgehead atoms. The average Bonchev–Trinajstić information content (AvgIpc) is 2.96. The van der Waals surface area contributed by atoms with Gasteiger partial charge in [0.05, 0.1) is 0 Å². The first-order valence-electron chi connectivity index (χ1n) is 5.38. The van der Waals surface area contributed by atoms with Crippen molar-refractivity contribution in [1.29, 1.82) is 0 Å². The molecule has 0 atom stereocenters. The van der Waals surface area contributed by atoms with Crippen LogP contribution in [-0.2, 0) is 0 Å². The van der Waals surface area contributed by atoms with Gasteiger partial charge in [-0.05, 0) is 13.3 Å². The van der Waals surface area contributed by atoms with Crippen LogP contribution in [0.4, 0.5) is 10.3 Å². The molecule has 2 N–H and O–H groups in total. The molecule has 0 radical (unpaired) electrons. The van der Waals surface area contributed by atoms with Gasteiger partial charge in [-0.2, -0.15) is 0 Å². The van der Waals surface area contributed by atoms with Crippen LogP contribution in [0.5, 0.6) is 0 Å². The predicted octanol–water partition coefficient (Wildman–Crippen LogP) is 1.77. The van der Waals surface area contributed by atoms with E-state index in [-0.39, 0.29) is 5.91 Å². The average molecular weight is 284 g/mol. The van der Waals surface area contributed by atoms with Gasteiger partial charge >= 0.3 is 0 Å². The van der Waals surface area contributed by atoms with Crippen LogP contribution in [-0.4, -0.2) is 32.8 Å². The number of aromatic nitrogens is 4. The van der Waals surface area contributed by atoms with Crippen molar-refractivity contribution in [1.82, 2.24) is 20.4 Å². The van der Waals surface area contributed by atoms with Crippen molar-refractivity contribution in [3.63, 3.8) is 0 Å². The number of anilines is 2. The van der Waals surface area contributed by atoms with Crippen LogP contribution in [0.25, 0.3) is 0 Å². The molecule has 7 nitrogen and oxygen atoms in total. The largest absolute Gasteiger partial charge is 0.360 e. The van der Waals surface area contributed by atoms with Crippen LogP contribution in [0.15, 0.2) is 0 Å². The first kappa shape index (κ1) is 12.8. The third-order valence-electron chi connectivity index (χ3n) is 1.89. The molecule has 96 valence electrons. The van der Waals surface area contributed by atoms with Crippen molar-refractivity contribution < 1.29 is 4.79 Å². The molecule has 2 heterocycles. The van der Waals surface area contributed by atoms with Gasteiger partial charge in [-0.25, -0.2) is 0 Å². The summed E-state index contributed by atoms with van der Waals surface area (Å²) in [4.78, 5) is 11.8. The number of carbonyl (C=O) groups is 1. The molecule has 0 unspecified atom stereocenters. The molecule has 0 saturated heterocycles. The first-order chi connectivity index (χ1) is 8.69. The van der Waals surface area contributed by atoms with Gasteiger partial charge in [-0.1, -0.05) is 29.6 Å². The Hall–Kier alpha value is -1.61. The number of amides is 1. The van der Waals surface area contributed by atoms with E-state index in [1.807, 2.05) is 6.92 Å². The minimum Gasteiger partial charge on any atom is -0.360 e. The van der Waals surface area contributed by atoms with Gasteiger partial charge in [0.25, 0.3) is 5.91 Å². The predicted molar refractivity (Wildman–Crippen MR) is 71.3 cm³/mol. The number of aryl methyl sites for hydroxylation is 1. The summed E-state index contributed by atoms with van der Waals surface area (Å²) in [5, 5.41) is 23.3. The molecular formula is C9H12N6OS2.